The average molecular weight is 308 g/mol. The highest BCUT2D eigenvalue weighted by Gasteiger charge is 2.18. The molecule has 0 aliphatic carbocycles. The predicted molar refractivity (Wildman–Crippen MR) is 84.7 cm³/mol. The standard InChI is InChI=1S/C15H20N2O3S/c1-10-7-12(15(16)21)8-11(2)14(10)20-9-13(18)17-3-5-19-6-4-17/h7-8H,3-6,9H2,1-2H3,(H2,16,21). The lowest BCUT2D eigenvalue weighted by molar-refractivity contribution is -0.137. The molecule has 2 N–H and O–H groups in total. The number of amides is 1. The highest BCUT2D eigenvalue weighted by atomic mass is 32.1. The van der Waals surface area contributed by atoms with Crippen molar-refractivity contribution in [2.45, 2.75) is 13.8 Å². The quantitative estimate of drug-likeness (QED) is 0.846. The fraction of sp³-hybridized carbons (Fsp3) is 0.467. The number of ether oxygens (including phenoxy) is 2. The molecule has 0 atom stereocenters. The number of carbonyl (C=O) groups excluding carboxylic acids is 1. The van der Waals surface area contributed by atoms with Crippen LogP contribution in [0, 0.1) is 13.8 Å². The third-order valence-corrected chi connectivity index (χ3v) is 3.68. The van der Waals surface area contributed by atoms with E-state index in [2.05, 4.69) is 0 Å². The van der Waals surface area contributed by atoms with Gasteiger partial charge in [0.2, 0.25) is 0 Å². The van der Waals surface area contributed by atoms with E-state index >= 15 is 0 Å². The SMILES string of the molecule is Cc1cc(C(N)=S)cc(C)c1OCC(=O)N1CCOCC1. The Bertz CT molecular complexity index is 531. The maximum Gasteiger partial charge on any atom is 0.260 e. The molecule has 1 saturated heterocycles. The third kappa shape index (κ3) is 3.92. The van der Waals surface area contributed by atoms with Crippen LogP contribution in [-0.4, -0.2) is 48.7 Å². The van der Waals surface area contributed by atoms with Crippen LogP contribution in [0.15, 0.2) is 12.1 Å². The van der Waals surface area contributed by atoms with Crippen molar-refractivity contribution in [3.63, 3.8) is 0 Å². The van der Waals surface area contributed by atoms with Gasteiger partial charge in [-0.1, -0.05) is 12.2 Å². The van der Waals surface area contributed by atoms with E-state index in [1.165, 1.54) is 0 Å². The van der Waals surface area contributed by atoms with Crippen LogP contribution in [0.5, 0.6) is 5.75 Å². The molecule has 0 radical (unpaired) electrons. The molecule has 6 heteroatoms. The summed E-state index contributed by atoms with van der Waals surface area (Å²) in [7, 11) is 0. The summed E-state index contributed by atoms with van der Waals surface area (Å²) >= 11 is 4.98. The molecule has 0 spiro atoms. The van der Waals surface area contributed by atoms with Crippen molar-refractivity contribution in [3.05, 3.63) is 28.8 Å². The summed E-state index contributed by atoms with van der Waals surface area (Å²) in [6, 6.07) is 3.76. The molecule has 1 aromatic carbocycles. The number of benzene rings is 1. The second-order valence-electron chi connectivity index (χ2n) is 5.09. The lowest BCUT2D eigenvalue weighted by Crippen LogP contribution is -2.43. The largest absolute Gasteiger partial charge is 0.483 e. The normalized spacial score (nSPS) is 14.9. The molecule has 0 bridgehead atoms. The first-order valence-corrected chi connectivity index (χ1v) is 7.29. The summed E-state index contributed by atoms with van der Waals surface area (Å²) in [4.78, 5) is 14.2. The first-order valence-electron chi connectivity index (χ1n) is 6.88. The van der Waals surface area contributed by atoms with Gasteiger partial charge in [0.15, 0.2) is 6.61 Å². The van der Waals surface area contributed by atoms with Gasteiger partial charge in [-0.2, -0.15) is 0 Å². The summed E-state index contributed by atoms with van der Waals surface area (Å²) in [5, 5.41) is 0. The maximum absolute atomic E-state index is 12.1. The maximum atomic E-state index is 12.1. The second kappa shape index (κ2) is 6.87. The van der Waals surface area contributed by atoms with Gasteiger partial charge in [-0.3, -0.25) is 4.79 Å². The fourth-order valence-electron chi connectivity index (χ4n) is 2.36. The highest BCUT2D eigenvalue weighted by Crippen LogP contribution is 2.25. The van der Waals surface area contributed by atoms with Crippen molar-refractivity contribution < 1.29 is 14.3 Å². The molecular formula is C15H20N2O3S. The Hall–Kier alpha value is -1.66. The van der Waals surface area contributed by atoms with Crippen LogP contribution >= 0.6 is 12.2 Å². The van der Waals surface area contributed by atoms with E-state index in [4.69, 9.17) is 27.4 Å². The molecule has 5 nitrogen and oxygen atoms in total. The van der Waals surface area contributed by atoms with Gasteiger partial charge in [0.05, 0.1) is 13.2 Å². The van der Waals surface area contributed by atoms with Gasteiger partial charge in [-0.15, -0.1) is 0 Å². The predicted octanol–water partition coefficient (Wildman–Crippen LogP) is 1.18. The van der Waals surface area contributed by atoms with Crippen LogP contribution in [0.2, 0.25) is 0 Å². The molecule has 1 aliphatic heterocycles. The number of morpholine rings is 1. The Morgan fingerprint density at radius 1 is 1.33 bits per heavy atom. The molecule has 114 valence electrons. The Morgan fingerprint density at radius 3 is 2.43 bits per heavy atom. The smallest absolute Gasteiger partial charge is 0.260 e. The molecule has 0 aromatic heterocycles. The van der Waals surface area contributed by atoms with Crippen molar-refractivity contribution in [1.82, 2.24) is 4.90 Å². The van der Waals surface area contributed by atoms with E-state index in [1.807, 2.05) is 26.0 Å². The molecule has 1 fully saturated rings. The highest BCUT2D eigenvalue weighted by molar-refractivity contribution is 7.80. The van der Waals surface area contributed by atoms with Crippen LogP contribution in [-0.2, 0) is 9.53 Å². The lowest BCUT2D eigenvalue weighted by Gasteiger charge is -2.27. The summed E-state index contributed by atoms with van der Waals surface area (Å²) in [5.74, 6) is 0.701. The fourth-order valence-corrected chi connectivity index (χ4v) is 2.48. The van der Waals surface area contributed by atoms with Gasteiger partial charge in [0, 0.05) is 18.7 Å². The van der Waals surface area contributed by atoms with E-state index in [9.17, 15) is 4.79 Å². The van der Waals surface area contributed by atoms with Gasteiger partial charge in [-0.25, -0.2) is 0 Å². The molecule has 1 amide bonds. The van der Waals surface area contributed by atoms with Gasteiger partial charge in [0.1, 0.15) is 10.7 Å². The zero-order valence-corrected chi connectivity index (χ0v) is 13.2. The zero-order chi connectivity index (χ0) is 15.4. The van der Waals surface area contributed by atoms with Gasteiger partial charge in [-0.05, 0) is 37.1 Å². The molecule has 1 aromatic rings. The topological polar surface area (TPSA) is 64.8 Å². The zero-order valence-electron chi connectivity index (χ0n) is 12.3. The molecule has 0 saturated carbocycles. The van der Waals surface area contributed by atoms with E-state index in [1.54, 1.807) is 4.90 Å². The Morgan fingerprint density at radius 2 is 1.90 bits per heavy atom. The number of hydrogen-bond donors (Lipinski definition) is 1. The Kier molecular flexibility index (Phi) is 5.14. The minimum absolute atomic E-state index is 0.0180. The first kappa shape index (κ1) is 15.7. The van der Waals surface area contributed by atoms with E-state index in [0.29, 0.717) is 31.3 Å². The van der Waals surface area contributed by atoms with Gasteiger partial charge in [0.25, 0.3) is 5.91 Å². The van der Waals surface area contributed by atoms with E-state index < -0.39 is 0 Å². The van der Waals surface area contributed by atoms with Crippen LogP contribution in [0.1, 0.15) is 16.7 Å². The first-order chi connectivity index (χ1) is 9.99. The summed E-state index contributed by atoms with van der Waals surface area (Å²) in [5.41, 5.74) is 8.30. The average Bonchev–Trinajstić information content (AvgIpc) is 2.46. The molecule has 21 heavy (non-hydrogen) atoms. The number of nitrogens with zero attached hydrogens (tertiary/aromatic N) is 1. The minimum atomic E-state index is -0.0180. The Labute approximate surface area is 130 Å². The van der Waals surface area contributed by atoms with Crippen LogP contribution < -0.4 is 10.5 Å². The van der Waals surface area contributed by atoms with E-state index in [-0.39, 0.29) is 12.5 Å². The second-order valence-corrected chi connectivity index (χ2v) is 5.53. The number of carbonyl (C=O) groups is 1. The molecule has 1 aliphatic rings. The van der Waals surface area contributed by atoms with Crippen LogP contribution in [0.25, 0.3) is 0 Å². The minimum Gasteiger partial charge on any atom is -0.483 e. The van der Waals surface area contributed by atoms with Crippen molar-refractivity contribution in [2.24, 2.45) is 5.73 Å². The summed E-state index contributed by atoms with van der Waals surface area (Å²) < 4.78 is 10.9. The molecule has 0 unspecified atom stereocenters. The van der Waals surface area contributed by atoms with E-state index in [0.717, 1.165) is 22.4 Å². The van der Waals surface area contributed by atoms with Crippen molar-refractivity contribution in [3.8, 4) is 5.75 Å². The molecular weight excluding hydrogens is 288 g/mol. The molecule has 2 rings (SSSR count). The number of rotatable bonds is 4. The van der Waals surface area contributed by atoms with Gasteiger partial charge >= 0.3 is 0 Å². The number of thiocarbonyl (C=S) groups is 1. The van der Waals surface area contributed by atoms with Gasteiger partial charge < -0.3 is 20.1 Å². The number of nitrogens with two attached hydrogens (primary N) is 1. The summed E-state index contributed by atoms with van der Waals surface area (Å²) in [6.07, 6.45) is 0. The lowest BCUT2D eigenvalue weighted by atomic mass is 10.1. The number of aryl methyl sites for hydroxylation is 2. The summed E-state index contributed by atoms with van der Waals surface area (Å²) in [6.45, 7) is 6.31. The third-order valence-electron chi connectivity index (χ3n) is 3.45. The number of hydrogen-bond acceptors (Lipinski definition) is 4. The van der Waals surface area contributed by atoms with Crippen LogP contribution in [0.3, 0.4) is 0 Å². The van der Waals surface area contributed by atoms with Crippen molar-refractivity contribution >= 4 is 23.1 Å². The monoisotopic (exact) mass is 308 g/mol. The van der Waals surface area contributed by atoms with Crippen molar-refractivity contribution in [1.29, 1.82) is 0 Å². The van der Waals surface area contributed by atoms with Crippen molar-refractivity contribution in [2.75, 3.05) is 32.9 Å². The van der Waals surface area contributed by atoms with Crippen LogP contribution in [0.4, 0.5) is 0 Å². The Balaban J connectivity index is 2.02. The molecule has 1 heterocycles.